The number of hydrogen-bond acceptors (Lipinski definition) is 4. The first-order chi connectivity index (χ1) is 11.5. The van der Waals surface area contributed by atoms with E-state index in [2.05, 4.69) is 5.32 Å². The van der Waals surface area contributed by atoms with Crippen LogP contribution >= 0.6 is 0 Å². The van der Waals surface area contributed by atoms with Crippen LogP contribution in [0.15, 0.2) is 48.5 Å². The van der Waals surface area contributed by atoms with Crippen LogP contribution < -0.4 is 10.1 Å². The van der Waals surface area contributed by atoms with Crippen LogP contribution in [0.2, 0.25) is 0 Å². The molecule has 0 heterocycles. The highest BCUT2D eigenvalue weighted by Crippen LogP contribution is 2.20. The van der Waals surface area contributed by atoms with Gasteiger partial charge in [0.1, 0.15) is 5.75 Å². The van der Waals surface area contributed by atoms with Crippen molar-refractivity contribution in [3.8, 4) is 5.75 Å². The van der Waals surface area contributed by atoms with E-state index in [9.17, 15) is 9.59 Å². The Morgan fingerprint density at radius 3 is 2.46 bits per heavy atom. The summed E-state index contributed by atoms with van der Waals surface area (Å²) >= 11 is 0. The number of carbonyl (C=O) groups excluding carboxylic acids is 2. The number of benzene rings is 2. The van der Waals surface area contributed by atoms with Crippen molar-refractivity contribution in [3.05, 3.63) is 59.7 Å². The van der Waals surface area contributed by atoms with Gasteiger partial charge in [-0.1, -0.05) is 24.3 Å². The van der Waals surface area contributed by atoms with Gasteiger partial charge in [-0.05, 0) is 50.6 Å². The normalized spacial score (nSPS) is 11.5. The van der Waals surface area contributed by atoms with Crippen LogP contribution in [0.1, 0.15) is 29.8 Å². The first kappa shape index (κ1) is 17.5. The molecule has 1 amide bonds. The molecule has 0 spiro atoms. The summed E-state index contributed by atoms with van der Waals surface area (Å²) in [6.45, 7) is 5.50. The standard InChI is InChI=1S/C19H21NO4/c1-4-23-19(22)16-11-8-12-17(13(16)2)20-18(21)14(3)24-15-9-6-5-7-10-15/h5-12,14H,4H2,1-3H3,(H,20,21). The average Bonchev–Trinajstić information content (AvgIpc) is 2.57. The topological polar surface area (TPSA) is 64.6 Å². The fraction of sp³-hybridized carbons (Fsp3) is 0.263. The van der Waals surface area contributed by atoms with Gasteiger partial charge in [0, 0.05) is 5.69 Å². The number of para-hydroxylation sites is 1. The first-order valence-electron chi connectivity index (χ1n) is 7.82. The number of nitrogens with one attached hydrogen (secondary N) is 1. The summed E-state index contributed by atoms with van der Waals surface area (Å²) in [5, 5.41) is 2.80. The van der Waals surface area contributed by atoms with Gasteiger partial charge in [-0.25, -0.2) is 4.79 Å². The van der Waals surface area contributed by atoms with E-state index in [0.29, 0.717) is 29.2 Å². The summed E-state index contributed by atoms with van der Waals surface area (Å²) in [7, 11) is 0. The quantitative estimate of drug-likeness (QED) is 0.824. The highest BCUT2D eigenvalue weighted by Gasteiger charge is 2.18. The van der Waals surface area contributed by atoms with Crippen molar-refractivity contribution >= 4 is 17.6 Å². The summed E-state index contributed by atoms with van der Waals surface area (Å²) in [6, 6.07) is 14.3. The van der Waals surface area contributed by atoms with Crippen molar-refractivity contribution < 1.29 is 19.1 Å². The van der Waals surface area contributed by atoms with Crippen LogP contribution in [0.4, 0.5) is 5.69 Å². The molecule has 0 aromatic heterocycles. The lowest BCUT2D eigenvalue weighted by molar-refractivity contribution is -0.122. The smallest absolute Gasteiger partial charge is 0.338 e. The van der Waals surface area contributed by atoms with E-state index < -0.39 is 12.1 Å². The van der Waals surface area contributed by atoms with E-state index in [0.717, 1.165) is 0 Å². The predicted octanol–water partition coefficient (Wildman–Crippen LogP) is 3.58. The Balaban J connectivity index is 2.08. The zero-order chi connectivity index (χ0) is 17.5. The van der Waals surface area contributed by atoms with Gasteiger partial charge in [0.25, 0.3) is 5.91 Å². The third-order valence-electron chi connectivity index (χ3n) is 3.51. The van der Waals surface area contributed by atoms with Crippen molar-refractivity contribution in [1.82, 2.24) is 0 Å². The molecule has 24 heavy (non-hydrogen) atoms. The molecule has 0 aliphatic rings. The molecule has 0 saturated heterocycles. The minimum atomic E-state index is -0.668. The molecule has 1 unspecified atom stereocenters. The molecule has 0 radical (unpaired) electrons. The van der Waals surface area contributed by atoms with E-state index in [1.54, 1.807) is 51.1 Å². The summed E-state index contributed by atoms with van der Waals surface area (Å²) in [4.78, 5) is 24.2. The fourth-order valence-corrected chi connectivity index (χ4v) is 2.19. The monoisotopic (exact) mass is 327 g/mol. The van der Waals surface area contributed by atoms with E-state index >= 15 is 0 Å². The van der Waals surface area contributed by atoms with Gasteiger partial charge in [-0.2, -0.15) is 0 Å². The number of amides is 1. The first-order valence-corrected chi connectivity index (χ1v) is 7.82. The van der Waals surface area contributed by atoms with Crippen LogP contribution in [0.3, 0.4) is 0 Å². The molecule has 5 nitrogen and oxygen atoms in total. The summed E-state index contributed by atoms with van der Waals surface area (Å²) < 4.78 is 10.6. The maximum atomic E-state index is 12.3. The molecule has 2 rings (SSSR count). The Bertz CT molecular complexity index is 713. The van der Waals surface area contributed by atoms with E-state index in [4.69, 9.17) is 9.47 Å². The number of ether oxygens (including phenoxy) is 2. The third kappa shape index (κ3) is 4.35. The van der Waals surface area contributed by atoms with Crippen molar-refractivity contribution in [2.24, 2.45) is 0 Å². The largest absolute Gasteiger partial charge is 0.481 e. The van der Waals surface area contributed by atoms with Gasteiger partial charge in [0.2, 0.25) is 0 Å². The van der Waals surface area contributed by atoms with Crippen LogP contribution in [0.5, 0.6) is 5.75 Å². The van der Waals surface area contributed by atoms with Gasteiger partial charge in [0.05, 0.1) is 12.2 Å². The number of esters is 1. The Labute approximate surface area is 141 Å². The van der Waals surface area contributed by atoms with Crippen molar-refractivity contribution in [3.63, 3.8) is 0 Å². The van der Waals surface area contributed by atoms with Crippen LogP contribution in [-0.4, -0.2) is 24.6 Å². The number of hydrogen-bond donors (Lipinski definition) is 1. The SMILES string of the molecule is CCOC(=O)c1cccc(NC(=O)C(C)Oc2ccccc2)c1C. The number of carbonyl (C=O) groups is 2. The Hall–Kier alpha value is -2.82. The minimum Gasteiger partial charge on any atom is -0.481 e. The molecular weight excluding hydrogens is 306 g/mol. The predicted molar refractivity (Wildman–Crippen MR) is 92.3 cm³/mol. The van der Waals surface area contributed by atoms with Gasteiger partial charge >= 0.3 is 5.97 Å². The van der Waals surface area contributed by atoms with Crippen LogP contribution in [0, 0.1) is 6.92 Å². The van der Waals surface area contributed by atoms with Crippen molar-refractivity contribution in [2.45, 2.75) is 26.9 Å². The molecule has 0 saturated carbocycles. The second-order valence-electron chi connectivity index (χ2n) is 5.26. The summed E-state index contributed by atoms with van der Waals surface area (Å²) in [6.07, 6.45) is -0.668. The molecule has 1 atom stereocenters. The molecule has 2 aromatic carbocycles. The van der Waals surface area contributed by atoms with Crippen LogP contribution in [0.25, 0.3) is 0 Å². The number of anilines is 1. The lowest BCUT2D eigenvalue weighted by Gasteiger charge is -2.16. The zero-order valence-electron chi connectivity index (χ0n) is 14.0. The minimum absolute atomic E-state index is 0.289. The fourth-order valence-electron chi connectivity index (χ4n) is 2.19. The third-order valence-corrected chi connectivity index (χ3v) is 3.51. The Morgan fingerprint density at radius 1 is 1.08 bits per heavy atom. The highest BCUT2D eigenvalue weighted by molar-refractivity contribution is 5.98. The molecule has 0 fully saturated rings. The lowest BCUT2D eigenvalue weighted by atomic mass is 10.1. The molecular formula is C19H21NO4. The van der Waals surface area contributed by atoms with Crippen molar-refractivity contribution in [1.29, 1.82) is 0 Å². The van der Waals surface area contributed by atoms with Gasteiger partial charge in [-0.3, -0.25) is 4.79 Å². The van der Waals surface area contributed by atoms with Gasteiger partial charge < -0.3 is 14.8 Å². The summed E-state index contributed by atoms with van der Waals surface area (Å²) in [5.74, 6) is -0.0696. The Morgan fingerprint density at radius 2 is 1.79 bits per heavy atom. The van der Waals surface area contributed by atoms with Gasteiger partial charge in [0.15, 0.2) is 6.10 Å². The molecule has 0 bridgehead atoms. The molecule has 0 aliphatic carbocycles. The Kier molecular flexibility index (Phi) is 5.95. The zero-order valence-corrected chi connectivity index (χ0v) is 14.0. The highest BCUT2D eigenvalue weighted by atomic mass is 16.5. The molecule has 126 valence electrons. The second kappa shape index (κ2) is 8.15. The molecule has 2 aromatic rings. The van der Waals surface area contributed by atoms with Gasteiger partial charge in [-0.15, -0.1) is 0 Å². The molecule has 0 aliphatic heterocycles. The van der Waals surface area contributed by atoms with Crippen LogP contribution in [-0.2, 0) is 9.53 Å². The van der Waals surface area contributed by atoms with E-state index in [1.807, 2.05) is 18.2 Å². The molecule has 1 N–H and O–H groups in total. The number of rotatable bonds is 6. The summed E-state index contributed by atoms with van der Waals surface area (Å²) in [5.41, 5.74) is 1.66. The maximum absolute atomic E-state index is 12.3. The second-order valence-corrected chi connectivity index (χ2v) is 5.26. The maximum Gasteiger partial charge on any atom is 0.338 e. The lowest BCUT2D eigenvalue weighted by Crippen LogP contribution is -2.30. The molecule has 5 heteroatoms. The van der Waals surface area contributed by atoms with Crippen molar-refractivity contribution in [2.75, 3.05) is 11.9 Å². The van der Waals surface area contributed by atoms with E-state index in [-0.39, 0.29) is 5.91 Å². The average molecular weight is 327 g/mol. The van der Waals surface area contributed by atoms with E-state index in [1.165, 1.54) is 0 Å².